The first-order valence-electron chi connectivity index (χ1n) is 21.4. The van der Waals surface area contributed by atoms with Crippen LogP contribution in [0.4, 0.5) is 0 Å². The van der Waals surface area contributed by atoms with Crippen molar-refractivity contribution in [2.45, 2.75) is 123 Å². The fourth-order valence-corrected chi connectivity index (χ4v) is 13.9. The molecule has 0 amide bonds. The van der Waals surface area contributed by atoms with Crippen molar-refractivity contribution in [3.63, 3.8) is 0 Å². The van der Waals surface area contributed by atoms with E-state index in [0.717, 1.165) is 0 Å². The van der Waals surface area contributed by atoms with Crippen molar-refractivity contribution in [1.82, 2.24) is 4.90 Å². The quantitative estimate of drug-likeness (QED) is 0.0979. The molecule has 3 aromatic carbocycles. The molecule has 10 nitrogen and oxygen atoms in total. The number of esters is 2. The van der Waals surface area contributed by atoms with E-state index < -0.39 is 56.1 Å². The summed E-state index contributed by atoms with van der Waals surface area (Å²) < 4.78 is 45.8. The number of ether oxygens (including phenoxy) is 6. The summed E-state index contributed by atoms with van der Waals surface area (Å²) in [6.07, 6.45) is -0.641. The maximum Gasteiger partial charge on any atom is 0.340 e. The van der Waals surface area contributed by atoms with Gasteiger partial charge in [-0.05, 0) is 74.2 Å². The standard InChI is InChI=1S/C49H69NO9Si/c1-33(31-55-60(47(5,6)7,39-25-19-15-20-26-39)40-27-21-16-22-28-40)30-49(10,53-13)43(35(3)42-36(4)44(51)59-48(8,9)58-42)57-46-34(2)41(50(11)12)29-38(56-46)32-54-45(52)37-23-17-14-18-24-37/h14-28,33-35,38,41,43,46H,29-32H2,1-13H3/t33-,34?,35+,38?,41?,43-,46+,49-/m1/s1. The number of nitrogens with zero attached hydrogens (tertiary/aromatic N) is 1. The molecule has 328 valence electrons. The van der Waals surface area contributed by atoms with Crippen LogP contribution in [0.1, 0.15) is 92.4 Å². The molecule has 11 heteroatoms. The van der Waals surface area contributed by atoms with Crippen molar-refractivity contribution in [2.75, 3.05) is 34.4 Å². The van der Waals surface area contributed by atoms with Crippen molar-refractivity contribution in [3.8, 4) is 0 Å². The average Bonchev–Trinajstić information content (AvgIpc) is 3.21. The highest BCUT2D eigenvalue weighted by atomic mass is 28.4. The van der Waals surface area contributed by atoms with Crippen molar-refractivity contribution in [1.29, 1.82) is 0 Å². The molecule has 2 heterocycles. The van der Waals surface area contributed by atoms with E-state index in [1.807, 2.05) is 39.2 Å². The van der Waals surface area contributed by atoms with Gasteiger partial charge in [-0.15, -0.1) is 0 Å². The van der Waals surface area contributed by atoms with E-state index in [-0.39, 0.29) is 29.5 Å². The van der Waals surface area contributed by atoms with Crippen LogP contribution < -0.4 is 10.4 Å². The number of hydrogen-bond donors (Lipinski definition) is 0. The SMILES string of the molecule is CO[C@](C)(C[C@@H](C)CO[Si](c1ccccc1)(c1ccccc1)C(C)(C)C)[C@H](O[C@@H]1OC(COC(=O)c2ccccc2)CC(N(C)C)C1C)[C@@H](C)C1=C(C)C(=O)OC(C)(C)O1. The van der Waals surface area contributed by atoms with Gasteiger partial charge in [-0.25, -0.2) is 9.59 Å². The summed E-state index contributed by atoms with van der Waals surface area (Å²) >= 11 is 0. The Hall–Kier alpha value is -3.84. The number of hydrogen-bond acceptors (Lipinski definition) is 10. The third kappa shape index (κ3) is 10.6. The van der Waals surface area contributed by atoms with Gasteiger partial charge in [-0.3, -0.25) is 0 Å². The molecule has 0 bridgehead atoms. The van der Waals surface area contributed by atoms with Crippen molar-refractivity contribution >= 4 is 30.6 Å². The van der Waals surface area contributed by atoms with Gasteiger partial charge >= 0.3 is 11.9 Å². The van der Waals surface area contributed by atoms with Crippen LogP contribution >= 0.6 is 0 Å². The van der Waals surface area contributed by atoms with E-state index in [9.17, 15) is 9.59 Å². The number of carbonyl (C=O) groups is 2. The first kappa shape index (κ1) is 47.2. The van der Waals surface area contributed by atoms with Gasteiger partial charge in [0.25, 0.3) is 8.32 Å². The second-order valence-corrected chi connectivity index (χ2v) is 23.0. The summed E-state index contributed by atoms with van der Waals surface area (Å²) in [7, 11) is 2.97. The third-order valence-electron chi connectivity index (χ3n) is 12.3. The lowest BCUT2D eigenvalue weighted by molar-refractivity contribution is -0.290. The first-order chi connectivity index (χ1) is 28.2. The lowest BCUT2D eigenvalue weighted by Crippen LogP contribution is -2.67. The van der Waals surface area contributed by atoms with Gasteiger partial charge < -0.3 is 37.7 Å². The Bertz CT molecular complexity index is 1860. The molecule has 8 atom stereocenters. The van der Waals surface area contributed by atoms with Crippen LogP contribution in [-0.2, 0) is 37.6 Å². The molecule has 1 fully saturated rings. The van der Waals surface area contributed by atoms with Crippen molar-refractivity contribution < 1.29 is 42.4 Å². The topological polar surface area (TPSA) is 102 Å². The minimum Gasteiger partial charge on any atom is -0.459 e. The Morgan fingerprint density at radius 1 is 0.900 bits per heavy atom. The summed E-state index contributed by atoms with van der Waals surface area (Å²) in [5.41, 5.74) is -0.0699. The molecule has 3 unspecified atom stereocenters. The molecule has 0 radical (unpaired) electrons. The predicted octanol–water partition coefficient (Wildman–Crippen LogP) is 8.14. The van der Waals surface area contributed by atoms with E-state index in [0.29, 0.717) is 36.3 Å². The van der Waals surface area contributed by atoms with Crippen LogP contribution in [0.2, 0.25) is 5.04 Å². The highest BCUT2D eigenvalue weighted by molar-refractivity contribution is 6.99. The smallest absolute Gasteiger partial charge is 0.340 e. The Labute approximate surface area is 360 Å². The number of carbonyl (C=O) groups excluding carboxylic acids is 2. The minimum atomic E-state index is -2.83. The molecule has 0 spiro atoms. The van der Waals surface area contributed by atoms with Gasteiger partial charge in [0.1, 0.15) is 12.4 Å². The van der Waals surface area contributed by atoms with Crippen LogP contribution in [0.3, 0.4) is 0 Å². The zero-order valence-corrected chi connectivity index (χ0v) is 39.2. The van der Waals surface area contributed by atoms with Crippen LogP contribution in [0.5, 0.6) is 0 Å². The van der Waals surface area contributed by atoms with Crippen LogP contribution in [0.25, 0.3) is 0 Å². The van der Waals surface area contributed by atoms with Gasteiger partial charge in [0.05, 0.1) is 28.9 Å². The molecule has 1 saturated heterocycles. The maximum absolute atomic E-state index is 13.3. The molecule has 0 N–H and O–H groups in total. The van der Waals surface area contributed by atoms with Crippen LogP contribution in [0.15, 0.2) is 102 Å². The largest absolute Gasteiger partial charge is 0.459 e. The lowest BCUT2D eigenvalue weighted by Gasteiger charge is -2.49. The zero-order valence-electron chi connectivity index (χ0n) is 38.2. The molecule has 2 aliphatic heterocycles. The summed E-state index contributed by atoms with van der Waals surface area (Å²) in [5.74, 6) is -2.09. The molecular weight excluding hydrogens is 775 g/mol. The Morgan fingerprint density at radius 3 is 1.97 bits per heavy atom. The fraction of sp³-hybridized carbons (Fsp3) is 0.551. The van der Waals surface area contributed by atoms with E-state index in [4.69, 9.17) is 32.8 Å². The van der Waals surface area contributed by atoms with Gasteiger partial charge in [0.15, 0.2) is 6.29 Å². The fourth-order valence-electron chi connectivity index (χ4n) is 9.17. The Kier molecular flexibility index (Phi) is 15.3. The molecule has 0 aliphatic carbocycles. The molecule has 5 rings (SSSR count). The second-order valence-electron chi connectivity index (χ2n) is 18.7. The van der Waals surface area contributed by atoms with Gasteiger partial charge in [-0.1, -0.05) is 120 Å². The van der Waals surface area contributed by atoms with Crippen molar-refractivity contribution in [2.24, 2.45) is 17.8 Å². The molecule has 0 aromatic heterocycles. The van der Waals surface area contributed by atoms with Gasteiger partial charge in [0, 0.05) is 45.4 Å². The normalized spacial score (nSPS) is 23.5. The Morgan fingerprint density at radius 2 is 1.45 bits per heavy atom. The number of cyclic esters (lactones) is 1. The van der Waals surface area contributed by atoms with E-state index in [2.05, 4.69) is 107 Å². The van der Waals surface area contributed by atoms with Crippen LogP contribution in [-0.4, -0.2) is 95.5 Å². The summed E-state index contributed by atoms with van der Waals surface area (Å²) in [4.78, 5) is 28.4. The minimum absolute atomic E-state index is 0.00280. The van der Waals surface area contributed by atoms with Gasteiger partial charge in [0.2, 0.25) is 5.79 Å². The van der Waals surface area contributed by atoms with Crippen LogP contribution in [0, 0.1) is 17.8 Å². The highest BCUT2D eigenvalue weighted by Gasteiger charge is 2.52. The van der Waals surface area contributed by atoms with Crippen molar-refractivity contribution in [3.05, 3.63) is 108 Å². The third-order valence-corrected chi connectivity index (χ3v) is 17.3. The molecular formula is C49H69NO9Si. The molecule has 2 aliphatic rings. The van der Waals surface area contributed by atoms with E-state index in [1.54, 1.807) is 40.0 Å². The van der Waals surface area contributed by atoms with E-state index >= 15 is 0 Å². The van der Waals surface area contributed by atoms with Gasteiger partial charge in [-0.2, -0.15) is 0 Å². The number of methoxy groups -OCH3 is 1. The molecule has 60 heavy (non-hydrogen) atoms. The predicted molar refractivity (Wildman–Crippen MR) is 237 cm³/mol. The second kappa shape index (κ2) is 19.5. The highest BCUT2D eigenvalue weighted by Crippen LogP contribution is 2.43. The summed E-state index contributed by atoms with van der Waals surface area (Å²) in [6, 6.07) is 30.3. The summed E-state index contributed by atoms with van der Waals surface area (Å²) in [5, 5.41) is 2.25. The zero-order chi connectivity index (χ0) is 44.0. The summed E-state index contributed by atoms with van der Waals surface area (Å²) in [6.45, 7) is 21.0. The Balaban J connectivity index is 1.48. The number of rotatable bonds is 17. The van der Waals surface area contributed by atoms with E-state index in [1.165, 1.54) is 10.4 Å². The number of benzene rings is 3. The monoisotopic (exact) mass is 843 g/mol. The average molecular weight is 844 g/mol. The first-order valence-corrected chi connectivity index (χ1v) is 23.3. The lowest BCUT2D eigenvalue weighted by atomic mass is 9.80. The molecule has 0 saturated carbocycles. The molecule has 3 aromatic rings. The maximum atomic E-state index is 13.3.